The molecule has 1 aliphatic carbocycles. The van der Waals surface area contributed by atoms with Crippen LogP contribution in [-0.4, -0.2) is 43.6 Å². The first-order valence-corrected chi connectivity index (χ1v) is 13.5. The lowest BCUT2D eigenvalue weighted by Crippen LogP contribution is -2.39. The van der Waals surface area contributed by atoms with Gasteiger partial charge < -0.3 is 20.2 Å². The zero-order valence-electron chi connectivity index (χ0n) is 18.5. The summed E-state index contributed by atoms with van der Waals surface area (Å²) in [5.41, 5.74) is 0.279. The van der Waals surface area contributed by atoms with Gasteiger partial charge in [-0.1, -0.05) is 12.8 Å². The largest absolute Gasteiger partial charge is 0.504 e. The number of phenols is 1. The molecule has 1 aliphatic heterocycles. The van der Waals surface area contributed by atoms with E-state index in [1.165, 1.54) is 4.31 Å². The van der Waals surface area contributed by atoms with E-state index in [1.807, 2.05) is 19.1 Å². The summed E-state index contributed by atoms with van der Waals surface area (Å²) in [4.78, 5) is 0.228. The van der Waals surface area contributed by atoms with E-state index in [4.69, 9.17) is 4.42 Å². The maximum atomic E-state index is 12.6. The number of rotatable bonds is 6. The lowest BCUT2D eigenvalue weighted by atomic mass is 9.96. The Bertz CT molecular complexity index is 1160. The second-order valence-corrected chi connectivity index (χ2v) is 11.5. The number of hydrogen-bond donors (Lipinski definition) is 3. The lowest BCUT2D eigenvalue weighted by molar-refractivity contribution is 0.339. The van der Waals surface area contributed by atoms with Gasteiger partial charge in [-0.2, -0.15) is 0 Å². The number of aryl methyl sites for hydroxylation is 1. The zero-order chi connectivity index (χ0) is 23.7. The molecule has 0 radical (unpaired) electrons. The highest BCUT2D eigenvalue weighted by Crippen LogP contribution is 2.38. The van der Waals surface area contributed by atoms with E-state index in [0.717, 1.165) is 37.2 Å². The van der Waals surface area contributed by atoms with Crippen molar-refractivity contribution >= 4 is 55.4 Å². The van der Waals surface area contributed by atoms with Crippen LogP contribution >= 0.6 is 15.9 Å². The maximum Gasteiger partial charge on any atom is 0.269 e. The molecule has 4 rings (SSSR count). The van der Waals surface area contributed by atoms with Crippen LogP contribution in [0.1, 0.15) is 43.2 Å². The molecule has 0 spiro atoms. The highest BCUT2D eigenvalue weighted by Gasteiger charge is 2.32. The van der Waals surface area contributed by atoms with Crippen molar-refractivity contribution in [2.24, 2.45) is 14.7 Å². The Kier molecular flexibility index (Phi) is 7.37. The van der Waals surface area contributed by atoms with E-state index in [2.05, 4.69) is 35.4 Å². The van der Waals surface area contributed by atoms with Gasteiger partial charge >= 0.3 is 0 Å². The van der Waals surface area contributed by atoms with Crippen LogP contribution in [0.4, 0.5) is 5.69 Å². The minimum Gasteiger partial charge on any atom is -0.504 e. The summed E-state index contributed by atoms with van der Waals surface area (Å²) in [5, 5.41) is 17.2. The average Bonchev–Trinajstić information content (AvgIpc) is 3.50. The van der Waals surface area contributed by atoms with Gasteiger partial charge in [-0.25, -0.2) is 12.7 Å². The number of hydrogen-bond acceptors (Lipinski definition) is 6. The van der Waals surface area contributed by atoms with Gasteiger partial charge in [0.15, 0.2) is 17.4 Å². The Labute approximate surface area is 206 Å². The zero-order valence-corrected chi connectivity index (χ0v) is 21.7. The lowest BCUT2D eigenvalue weighted by Gasteiger charge is -2.24. The Morgan fingerprint density at radius 2 is 1.91 bits per heavy atom. The molecule has 0 bridgehead atoms. The standard InChI is InChI=1S/C21H26BrN5O4S2/c1-12-8-11-16(31-12)17(13-6-4-5-7-13)24-21-20(25-33(30)26-21)23-15-10-9-14(22)19(18(15)28)32(29)27(2)3/h8-11,13,17,28H,4-7H2,1-3H3,(H,23,25)(H,24,26)/t17-,32?,33?/m1/s1. The van der Waals surface area contributed by atoms with Crippen LogP contribution in [-0.2, 0) is 22.2 Å². The van der Waals surface area contributed by atoms with Crippen LogP contribution in [0.3, 0.4) is 0 Å². The SMILES string of the molecule is Cc1ccc([C@H](NC2=NS(=O)N=C2Nc2ccc(Br)c(S(=O)N(C)C)c2O)C2CCCC2)o1. The molecular formula is C21H26BrN5O4S2. The molecule has 2 unspecified atom stereocenters. The first-order chi connectivity index (χ1) is 15.7. The first-order valence-electron chi connectivity index (χ1n) is 10.5. The van der Waals surface area contributed by atoms with Gasteiger partial charge in [0.25, 0.3) is 11.2 Å². The molecule has 2 aliphatic rings. The maximum absolute atomic E-state index is 12.6. The molecule has 178 valence electrons. The third-order valence-electron chi connectivity index (χ3n) is 5.64. The van der Waals surface area contributed by atoms with Crippen LogP contribution in [0.25, 0.3) is 0 Å². The van der Waals surface area contributed by atoms with E-state index >= 15 is 0 Å². The molecule has 12 heteroatoms. The summed E-state index contributed by atoms with van der Waals surface area (Å²) in [6.07, 6.45) is 4.42. The second kappa shape index (κ2) is 10.1. The summed E-state index contributed by atoms with van der Waals surface area (Å²) in [6.45, 7) is 1.90. The van der Waals surface area contributed by atoms with E-state index in [-0.39, 0.29) is 28.2 Å². The first kappa shape index (κ1) is 24.1. The van der Waals surface area contributed by atoms with E-state index in [1.54, 1.807) is 26.2 Å². The fourth-order valence-electron chi connectivity index (χ4n) is 4.04. The third-order valence-corrected chi connectivity index (χ3v) is 8.66. The second-order valence-electron chi connectivity index (χ2n) is 8.18. The molecule has 1 fully saturated rings. The van der Waals surface area contributed by atoms with Crippen LogP contribution in [0.15, 0.2) is 46.8 Å². The molecule has 0 saturated heterocycles. The van der Waals surface area contributed by atoms with Crippen molar-refractivity contribution in [3.63, 3.8) is 0 Å². The summed E-state index contributed by atoms with van der Waals surface area (Å²) >= 11 is 1.55. The molecule has 2 aromatic rings. The van der Waals surface area contributed by atoms with Gasteiger partial charge in [0, 0.05) is 4.47 Å². The van der Waals surface area contributed by atoms with Crippen molar-refractivity contribution in [2.45, 2.75) is 43.5 Å². The van der Waals surface area contributed by atoms with Gasteiger partial charge in [0.1, 0.15) is 27.4 Å². The number of benzene rings is 1. The third kappa shape index (κ3) is 5.23. The van der Waals surface area contributed by atoms with E-state index in [9.17, 15) is 13.5 Å². The Balaban J connectivity index is 1.61. The number of nitrogens with zero attached hydrogens (tertiary/aromatic N) is 3. The quantitative estimate of drug-likeness (QED) is 0.464. The summed E-state index contributed by atoms with van der Waals surface area (Å²) < 4.78 is 41.0. The number of halogens is 1. The average molecular weight is 557 g/mol. The number of furan rings is 1. The Hall–Kier alpha value is -2.02. The molecule has 1 aromatic heterocycles. The molecule has 1 saturated carbocycles. The topological polar surface area (TPSA) is 120 Å². The van der Waals surface area contributed by atoms with Crippen molar-refractivity contribution in [2.75, 3.05) is 19.4 Å². The summed E-state index contributed by atoms with van der Waals surface area (Å²) in [7, 11) is 1.72. The van der Waals surface area contributed by atoms with Crippen LogP contribution in [0.2, 0.25) is 0 Å². The van der Waals surface area contributed by atoms with Crippen molar-refractivity contribution in [3.8, 4) is 5.75 Å². The summed E-state index contributed by atoms with van der Waals surface area (Å²) in [6, 6.07) is 7.04. The normalized spacial score (nSPS) is 20.6. The van der Waals surface area contributed by atoms with Crippen LogP contribution in [0, 0.1) is 12.8 Å². The predicted octanol–water partition coefficient (Wildman–Crippen LogP) is 3.96. The van der Waals surface area contributed by atoms with E-state index < -0.39 is 22.2 Å². The minimum atomic E-state index is -1.80. The number of nitrogens with one attached hydrogen (secondary N) is 2. The number of phenolic OH excluding ortho intramolecular Hbond substituents is 1. The number of amidine groups is 2. The van der Waals surface area contributed by atoms with Crippen molar-refractivity contribution < 1.29 is 17.9 Å². The van der Waals surface area contributed by atoms with Gasteiger partial charge in [-0.15, -0.1) is 8.80 Å². The number of aromatic hydroxyl groups is 1. The molecule has 33 heavy (non-hydrogen) atoms. The van der Waals surface area contributed by atoms with Gasteiger partial charge in [0.2, 0.25) is 0 Å². The summed E-state index contributed by atoms with van der Waals surface area (Å²) in [5.74, 6) is 2.35. The Morgan fingerprint density at radius 3 is 2.55 bits per heavy atom. The molecule has 9 nitrogen and oxygen atoms in total. The smallest absolute Gasteiger partial charge is 0.269 e. The predicted molar refractivity (Wildman–Crippen MR) is 134 cm³/mol. The molecular weight excluding hydrogens is 530 g/mol. The van der Waals surface area contributed by atoms with Crippen molar-refractivity contribution in [3.05, 3.63) is 40.3 Å². The van der Waals surface area contributed by atoms with Crippen molar-refractivity contribution in [1.29, 1.82) is 0 Å². The van der Waals surface area contributed by atoms with E-state index in [0.29, 0.717) is 16.2 Å². The molecule has 3 atom stereocenters. The molecule has 3 N–H and O–H groups in total. The monoisotopic (exact) mass is 555 g/mol. The van der Waals surface area contributed by atoms with Gasteiger partial charge in [-0.3, -0.25) is 0 Å². The van der Waals surface area contributed by atoms with Crippen molar-refractivity contribution in [1.82, 2.24) is 9.62 Å². The molecule has 0 amide bonds. The van der Waals surface area contributed by atoms with Crippen LogP contribution < -0.4 is 10.6 Å². The van der Waals surface area contributed by atoms with Crippen LogP contribution in [0.5, 0.6) is 5.75 Å². The fourth-order valence-corrected chi connectivity index (χ4v) is 6.28. The minimum absolute atomic E-state index is 0.141. The number of anilines is 1. The molecule has 1 aromatic carbocycles. The highest BCUT2D eigenvalue weighted by molar-refractivity contribution is 9.10. The fraction of sp³-hybridized carbons (Fsp3) is 0.429. The van der Waals surface area contributed by atoms with Gasteiger partial charge in [0.05, 0.1) is 11.7 Å². The highest BCUT2D eigenvalue weighted by atomic mass is 79.9. The Morgan fingerprint density at radius 1 is 1.21 bits per heavy atom. The van der Waals surface area contributed by atoms with Gasteiger partial charge in [-0.05, 0) is 80.0 Å². The molecule has 2 heterocycles.